The van der Waals surface area contributed by atoms with Crippen LogP contribution < -0.4 is 10.6 Å². The first-order valence-electron chi connectivity index (χ1n) is 13.7. The van der Waals surface area contributed by atoms with Gasteiger partial charge in [-0.1, -0.05) is 87.1 Å². The molecule has 7 nitrogen and oxygen atoms in total. The van der Waals surface area contributed by atoms with Crippen LogP contribution in [0.5, 0.6) is 0 Å². The monoisotopic (exact) mass is 523 g/mol. The van der Waals surface area contributed by atoms with Gasteiger partial charge in [-0.2, -0.15) is 0 Å². The second kappa shape index (κ2) is 15.2. The molecule has 2 aromatic rings. The normalized spacial score (nSPS) is 11.9. The highest BCUT2D eigenvalue weighted by atomic mass is 16.6. The van der Waals surface area contributed by atoms with Gasteiger partial charge in [0.15, 0.2) is 0 Å². The second-order valence-electron chi connectivity index (χ2n) is 10.8. The number of unbranched alkanes of at least 4 members (excludes halogenated alkanes) is 5. The molecule has 2 rings (SSSR count). The number of anilines is 1. The van der Waals surface area contributed by atoms with Gasteiger partial charge in [-0.05, 0) is 58.2 Å². The van der Waals surface area contributed by atoms with Crippen LogP contribution in [0.2, 0.25) is 0 Å². The molecule has 1 atom stereocenters. The lowest BCUT2D eigenvalue weighted by Crippen LogP contribution is -2.47. The Morgan fingerprint density at radius 2 is 1.61 bits per heavy atom. The van der Waals surface area contributed by atoms with E-state index in [2.05, 4.69) is 17.6 Å². The predicted octanol–water partition coefficient (Wildman–Crippen LogP) is 6.70. The number of para-hydroxylation sites is 1. The summed E-state index contributed by atoms with van der Waals surface area (Å²) in [5.41, 5.74) is 2.68. The fourth-order valence-electron chi connectivity index (χ4n) is 4.25. The Labute approximate surface area is 228 Å². The van der Waals surface area contributed by atoms with E-state index < -0.39 is 17.7 Å². The summed E-state index contributed by atoms with van der Waals surface area (Å²) in [5.74, 6) is -0.627. The van der Waals surface area contributed by atoms with Crippen molar-refractivity contribution in [3.8, 4) is 0 Å². The third-order valence-electron chi connectivity index (χ3n) is 6.18. The summed E-state index contributed by atoms with van der Waals surface area (Å²) in [4.78, 5) is 41.2. The van der Waals surface area contributed by atoms with Gasteiger partial charge in [-0.25, -0.2) is 4.79 Å². The van der Waals surface area contributed by atoms with Crippen LogP contribution >= 0.6 is 0 Å². The first-order chi connectivity index (χ1) is 18.0. The van der Waals surface area contributed by atoms with Gasteiger partial charge in [0.2, 0.25) is 5.91 Å². The third-order valence-corrected chi connectivity index (χ3v) is 6.18. The molecule has 0 fully saturated rings. The van der Waals surface area contributed by atoms with E-state index in [4.69, 9.17) is 4.74 Å². The molecule has 208 valence electrons. The van der Waals surface area contributed by atoms with Gasteiger partial charge in [-0.15, -0.1) is 0 Å². The van der Waals surface area contributed by atoms with E-state index in [-0.39, 0.29) is 18.4 Å². The molecule has 0 heterocycles. The SMILES string of the molecule is CCCCCCCCN(C(=O)CNC(=O)OC(C)(C)C)C(C(=O)Nc1ccccc1C)c1cccc(C)c1. The van der Waals surface area contributed by atoms with Crippen molar-refractivity contribution in [2.45, 2.75) is 91.7 Å². The van der Waals surface area contributed by atoms with Gasteiger partial charge >= 0.3 is 6.09 Å². The highest BCUT2D eigenvalue weighted by molar-refractivity contribution is 5.98. The number of aryl methyl sites for hydroxylation is 2. The number of carbonyl (C=O) groups excluding carboxylic acids is 3. The molecule has 0 saturated heterocycles. The Morgan fingerprint density at radius 1 is 0.921 bits per heavy atom. The maximum absolute atomic E-state index is 13.8. The van der Waals surface area contributed by atoms with Crippen LogP contribution in [0.25, 0.3) is 0 Å². The Bertz CT molecular complexity index is 1060. The minimum absolute atomic E-state index is 0.259. The molecule has 0 spiro atoms. The van der Waals surface area contributed by atoms with Crippen LogP contribution in [0.15, 0.2) is 48.5 Å². The predicted molar refractivity (Wildman–Crippen MR) is 153 cm³/mol. The molecule has 2 N–H and O–H groups in total. The Morgan fingerprint density at radius 3 is 2.26 bits per heavy atom. The molecule has 0 radical (unpaired) electrons. The van der Waals surface area contributed by atoms with E-state index in [1.165, 1.54) is 6.42 Å². The lowest BCUT2D eigenvalue weighted by Gasteiger charge is -2.32. The van der Waals surface area contributed by atoms with E-state index in [1.54, 1.807) is 25.7 Å². The molecular weight excluding hydrogens is 478 g/mol. The van der Waals surface area contributed by atoms with E-state index in [9.17, 15) is 14.4 Å². The van der Waals surface area contributed by atoms with Gasteiger partial charge in [0.1, 0.15) is 18.2 Å². The van der Waals surface area contributed by atoms with E-state index in [1.807, 2.05) is 62.4 Å². The average molecular weight is 524 g/mol. The molecule has 2 aromatic carbocycles. The Balaban J connectivity index is 2.33. The fourth-order valence-corrected chi connectivity index (χ4v) is 4.25. The summed E-state index contributed by atoms with van der Waals surface area (Å²) in [7, 11) is 0. The number of hydrogen-bond acceptors (Lipinski definition) is 4. The van der Waals surface area contributed by atoms with E-state index in [0.717, 1.165) is 48.8 Å². The second-order valence-corrected chi connectivity index (χ2v) is 10.8. The quantitative estimate of drug-likeness (QED) is 0.286. The maximum Gasteiger partial charge on any atom is 0.408 e. The van der Waals surface area contributed by atoms with Gasteiger partial charge in [0.05, 0.1) is 0 Å². The lowest BCUT2D eigenvalue weighted by atomic mass is 10.0. The number of hydrogen-bond donors (Lipinski definition) is 2. The Kier molecular flexibility index (Phi) is 12.3. The highest BCUT2D eigenvalue weighted by Crippen LogP contribution is 2.26. The van der Waals surface area contributed by atoms with Crippen LogP contribution in [0.1, 0.15) is 89.0 Å². The molecule has 0 aliphatic carbocycles. The number of nitrogens with zero attached hydrogens (tertiary/aromatic N) is 1. The summed E-state index contributed by atoms with van der Waals surface area (Å²) >= 11 is 0. The zero-order valence-electron chi connectivity index (χ0n) is 23.9. The zero-order chi connectivity index (χ0) is 28.1. The largest absolute Gasteiger partial charge is 0.444 e. The summed E-state index contributed by atoms with van der Waals surface area (Å²) in [6, 6.07) is 14.4. The minimum atomic E-state index is -0.849. The van der Waals surface area contributed by atoms with Crippen molar-refractivity contribution < 1.29 is 19.1 Å². The lowest BCUT2D eigenvalue weighted by molar-refractivity contribution is -0.138. The maximum atomic E-state index is 13.8. The van der Waals surface area contributed by atoms with Gasteiger partial charge < -0.3 is 20.3 Å². The van der Waals surface area contributed by atoms with Crippen molar-refractivity contribution in [1.82, 2.24) is 10.2 Å². The molecule has 0 saturated carbocycles. The number of benzene rings is 2. The smallest absolute Gasteiger partial charge is 0.408 e. The standard InChI is InChI=1S/C31H45N3O4/c1-7-8-9-10-11-14-20-34(27(35)22-32-30(37)38-31(4,5)6)28(25-18-15-16-23(2)21-25)29(36)33-26-19-13-12-17-24(26)3/h12-13,15-19,21,28H,7-11,14,20,22H2,1-6H3,(H,32,37)(H,33,36). The molecule has 0 aliphatic heterocycles. The molecule has 7 heteroatoms. The number of carbonyl (C=O) groups is 3. The van der Waals surface area contributed by atoms with E-state index in [0.29, 0.717) is 12.2 Å². The first-order valence-corrected chi connectivity index (χ1v) is 13.7. The van der Waals surface area contributed by atoms with Gasteiger partial charge in [0.25, 0.3) is 5.91 Å². The number of ether oxygens (including phenoxy) is 1. The molecule has 0 aliphatic rings. The number of amides is 3. The van der Waals surface area contributed by atoms with Crippen molar-refractivity contribution in [2.75, 3.05) is 18.4 Å². The van der Waals surface area contributed by atoms with Crippen LogP contribution in [0.3, 0.4) is 0 Å². The fraction of sp³-hybridized carbons (Fsp3) is 0.516. The number of alkyl carbamates (subject to hydrolysis) is 1. The average Bonchev–Trinajstić information content (AvgIpc) is 2.84. The van der Waals surface area contributed by atoms with E-state index >= 15 is 0 Å². The molecule has 3 amide bonds. The minimum Gasteiger partial charge on any atom is -0.444 e. The Hall–Kier alpha value is -3.35. The molecular formula is C31H45N3O4. The van der Waals surface area contributed by atoms with Crippen molar-refractivity contribution in [2.24, 2.45) is 0 Å². The first kappa shape index (κ1) is 30.9. The van der Waals surface area contributed by atoms with Crippen molar-refractivity contribution in [1.29, 1.82) is 0 Å². The van der Waals surface area contributed by atoms with Crippen LogP contribution in [-0.4, -0.2) is 41.5 Å². The summed E-state index contributed by atoms with van der Waals surface area (Å²) in [6.45, 7) is 11.5. The van der Waals surface area contributed by atoms with Gasteiger partial charge in [-0.3, -0.25) is 9.59 Å². The summed E-state index contributed by atoms with van der Waals surface area (Å²) in [5, 5.41) is 5.60. The van der Waals surface area contributed by atoms with Crippen LogP contribution in [0.4, 0.5) is 10.5 Å². The van der Waals surface area contributed by atoms with Gasteiger partial charge in [0, 0.05) is 12.2 Å². The molecule has 38 heavy (non-hydrogen) atoms. The summed E-state index contributed by atoms with van der Waals surface area (Å²) in [6.07, 6.45) is 5.64. The molecule has 1 unspecified atom stereocenters. The highest BCUT2D eigenvalue weighted by Gasteiger charge is 2.32. The van der Waals surface area contributed by atoms with Crippen molar-refractivity contribution in [3.63, 3.8) is 0 Å². The number of nitrogens with one attached hydrogen (secondary N) is 2. The molecule has 0 aromatic heterocycles. The zero-order valence-corrected chi connectivity index (χ0v) is 23.9. The van der Waals surface area contributed by atoms with Crippen LogP contribution in [-0.2, 0) is 14.3 Å². The van der Waals surface area contributed by atoms with Crippen LogP contribution in [0, 0.1) is 13.8 Å². The van der Waals surface area contributed by atoms with Crippen molar-refractivity contribution in [3.05, 3.63) is 65.2 Å². The number of rotatable bonds is 13. The molecule has 0 bridgehead atoms. The van der Waals surface area contributed by atoms with Crippen molar-refractivity contribution >= 4 is 23.6 Å². The third kappa shape index (κ3) is 10.6. The topological polar surface area (TPSA) is 87.7 Å². The summed E-state index contributed by atoms with van der Waals surface area (Å²) < 4.78 is 5.30.